The first kappa shape index (κ1) is 14.3. The van der Waals surface area contributed by atoms with Crippen LogP contribution in [0.15, 0.2) is 0 Å². The first-order valence-corrected chi connectivity index (χ1v) is 7.67. The molecule has 0 aromatic carbocycles. The van der Waals surface area contributed by atoms with Gasteiger partial charge in [0.1, 0.15) is 0 Å². The maximum atomic E-state index is 5.46. The van der Waals surface area contributed by atoms with Crippen molar-refractivity contribution < 1.29 is 4.74 Å². The Labute approximate surface area is 104 Å². The number of thioether (sulfide) groups is 1. The molecular weight excluding hydrogens is 220 g/mol. The summed E-state index contributed by atoms with van der Waals surface area (Å²) in [6.45, 7) is 6.21. The van der Waals surface area contributed by atoms with Crippen molar-refractivity contribution in [3.63, 3.8) is 0 Å². The van der Waals surface area contributed by atoms with Gasteiger partial charge in [0.15, 0.2) is 0 Å². The second kappa shape index (κ2) is 8.34. The third-order valence-corrected chi connectivity index (χ3v) is 4.00. The summed E-state index contributed by atoms with van der Waals surface area (Å²) < 4.78 is 5.46. The summed E-state index contributed by atoms with van der Waals surface area (Å²) in [5.41, 5.74) is 0. The van der Waals surface area contributed by atoms with Gasteiger partial charge >= 0.3 is 0 Å². The number of hydrogen-bond donors (Lipinski definition) is 1. The second-order valence-electron chi connectivity index (χ2n) is 4.51. The molecule has 1 heterocycles. The van der Waals surface area contributed by atoms with Gasteiger partial charge in [0.25, 0.3) is 0 Å². The van der Waals surface area contributed by atoms with Crippen LogP contribution >= 0.6 is 11.8 Å². The van der Waals surface area contributed by atoms with E-state index in [1.165, 1.54) is 25.1 Å². The van der Waals surface area contributed by atoms with E-state index in [0.717, 1.165) is 25.8 Å². The third kappa shape index (κ3) is 5.04. The molecular formula is C12H26N2OS. The molecule has 3 nitrogen and oxygen atoms in total. The Morgan fingerprint density at radius 2 is 2.38 bits per heavy atom. The number of hydrogen-bond acceptors (Lipinski definition) is 4. The third-order valence-electron chi connectivity index (χ3n) is 3.28. The van der Waals surface area contributed by atoms with Crippen LogP contribution in [0.2, 0.25) is 0 Å². The average molecular weight is 246 g/mol. The largest absolute Gasteiger partial charge is 0.379 e. The van der Waals surface area contributed by atoms with Crippen LogP contribution in [-0.4, -0.2) is 62.3 Å². The molecule has 2 atom stereocenters. The SMILES string of the molecule is CCC(CSC)N(C)CCC1COCCN1. The van der Waals surface area contributed by atoms with Gasteiger partial charge in [0, 0.05) is 24.4 Å². The molecule has 1 aliphatic rings. The van der Waals surface area contributed by atoms with Crippen LogP contribution in [0, 0.1) is 0 Å². The molecule has 1 saturated heterocycles. The second-order valence-corrected chi connectivity index (χ2v) is 5.42. The average Bonchev–Trinajstić information content (AvgIpc) is 2.34. The summed E-state index contributed by atoms with van der Waals surface area (Å²) in [5, 5.41) is 3.51. The Morgan fingerprint density at radius 3 is 2.94 bits per heavy atom. The zero-order chi connectivity index (χ0) is 11.8. The molecule has 1 N–H and O–H groups in total. The standard InChI is InChI=1S/C12H26N2OS/c1-4-12(10-16-3)14(2)7-5-11-9-15-8-6-13-11/h11-13H,4-10H2,1-3H3. The lowest BCUT2D eigenvalue weighted by atomic mass is 10.1. The van der Waals surface area contributed by atoms with Crippen molar-refractivity contribution in [2.24, 2.45) is 0 Å². The lowest BCUT2D eigenvalue weighted by molar-refractivity contribution is 0.0695. The van der Waals surface area contributed by atoms with Crippen LogP contribution < -0.4 is 5.32 Å². The Morgan fingerprint density at radius 1 is 1.56 bits per heavy atom. The molecule has 0 amide bonds. The summed E-state index contributed by atoms with van der Waals surface area (Å²) in [6, 6.07) is 1.28. The Balaban J connectivity index is 2.18. The first-order valence-electron chi connectivity index (χ1n) is 6.28. The molecule has 2 unspecified atom stereocenters. The quantitative estimate of drug-likeness (QED) is 0.735. The molecule has 4 heteroatoms. The highest BCUT2D eigenvalue weighted by Gasteiger charge is 2.16. The van der Waals surface area contributed by atoms with Gasteiger partial charge in [0.2, 0.25) is 0 Å². The molecule has 0 aromatic heterocycles. The smallest absolute Gasteiger partial charge is 0.0620 e. The van der Waals surface area contributed by atoms with Gasteiger partial charge in [-0.15, -0.1) is 0 Å². The maximum Gasteiger partial charge on any atom is 0.0620 e. The minimum absolute atomic E-state index is 0.558. The Kier molecular flexibility index (Phi) is 7.45. The molecule has 96 valence electrons. The monoisotopic (exact) mass is 246 g/mol. The highest BCUT2D eigenvalue weighted by molar-refractivity contribution is 7.98. The summed E-state index contributed by atoms with van der Waals surface area (Å²) in [7, 11) is 2.24. The number of nitrogens with one attached hydrogen (secondary N) is 1. The summed E-state index contributed by atoms with van der Waals surface area (Å²) in [5.74, 6) is 1.24. The van der Waals surface area contributed by atoms with E-state index in [2.05, 4.69) is 30.4 Å². The van der Waals surface area contributed by atoms with E-state index in [-0.39, 0.29) is 0 Å². The van der Waals surface area contributed by atoms with Crippen molar-refractivity contribution >= 4 is 11.8 Å². The molecule has 1 rings (SSSR count). The van der Waals surface area contributed by atoms with Crippen LogP contribution in [0.5, 0.6) is 0 Å². The molecule has 1 fully saturated rings. The van der Waals surface area contributed by atoms with Gasteiger partial charge in [-0.1, -0.05) is 6.92 Å². The highest BCUT2D eigenvalue weighted by atomic mass is 32.2. The molecule has 0 saturated carbocycles. The van der Waals surface area contributed by atoms with Crippen LogP contribution in [-0.2, 0) is 4.74 Å². The van der Waals surface area contributed by atoms with Gasteiger partial charge < -0.3 is 15.0 Å². The Hall–Kier alpha value is 0.230. The number of rotatable bonds is 7. The van der Waals surface area contributed by atoms with Gasteiger partial charge in [-0.05, 0) is 32.7 Å². The lowest BCUT2D eigenvalue weighted by Crippen LogP contribution is -2.44. The van der Waals surface area contributed by atoms with Crippen LogP contribution in [0.4, 0.5) is 0 Å². The molecule has 16 heavy (non-hydrogen) atoms. The van der Waals surface area contributed by atoms with Crippen LogP contribution in [0.3, 0.4) is 0 Å². The predicted octanol–water partition coefficient (Wildman–Crippen LogP) is 1.44. The van der Waals surface area contributed by atoms with Crippen molar-refractivity contribution in [2.45, 2.75) is 31.8 Å². The molecule has 0 bridgehead atoms. The molecule has 0 radical (unpaired) electrons. The lowest BCUT2D eigenvalue weighted by Gasteiger charge is -2.30. The van der Waals surface area contributed by atoms with E-state index in [4.69, 9.17) is 4.74 Å². The summed E-state index contributed by atoms with van der Waals surface area (Å²) in [4.78, 5) is 2.49. The van der Waals surface area contributed by atoms with Crippen LogP contribution in [0.25, 0.3) is 0 Å². The fourth-order valence-electron chi connectivity index (χ4n) is 2.10. The van der Waals surface area contributed by atoms with E-state index in [9.17, 15) is 0 Å². The van der Waals surface area contributed by atoms with E-state index >= 15 is 0 Å². The van der Waals surface area contributed by atoms with Crippen molar-refractivity contribution in [2.75, 3.05) is 45.4 Å². The molecule has 0 aliphatic carbocycles. The Bertz CT molecular complexity index is 174. The molecule has 1 aliphatic heterocycles. The van der Waals surface area contributed by atoms with Gasteiger partial charge in [-0.3, -0.25) is 0 Å². The number of ether oxygens (including phenoxy) is 1. The van der Waals surface area contributed by atoms with E-state index in [0.29, 0.717) is 6.04 Å². The first-order chi connectivity index (χ1) is 7.77. The topological polar surface area (TPSA) is 24.5 Å². The van der Waals surface area contributed by atoms with E-state index in [1.807, 2.05) is 11.8 Å². The minimum Gasteiger partial charge on any atom is -0.379 e. The highest BCUT2D eigenvalue weighted by Crippen LogP contribution is 2.09. The summed E-state index contributed by atoms with van der Waals surface area (Å²) in [6.07, 6.45) is 4.63. The molecule has 0 spiro atoms. The van der Waals surface area contributed by atoms with Gasteiger partial charge in [-0.2, -0.15) is 11.8 Å². The van der Waals surface area contributed by atoms with Crippen molar-refractivity contribution in [1.29, 1.82) is 0 Å². The van der Waals surface area contributed by atoms with Crippen LogP contribution in [0.1, 0.15) is 19.8 Å². The molecule has 0 aromatic rings. The van der Waals surface area contributed by atoms with Crippen molar-refractivity contribution in [1.82, 2.24) is 10.2 Å². The van der Waals surface area contributed by atoms with E-state index in [1.54, 1.807) is 0 Å². The summed E-state index contributed by atoms with van der Waals surface area (Å²) >= 11 is 1.94. The zero-order valence-corrected chi connectivity index (χ0v) is 11.7. The maximum absolute atomic E-state index is 5.46. The van der Waals surface area contributed by atoms with Gasteiger partial charge in [0.05, 0.1) is 13.2 Å². The normalized spacial score (nSPS) is 23.6. The fraction of sp³-hybridized carbons (Fsp3) is 1.00. The van der Waals surface area contributed by atoms with Crippen molar-refractivity contribution in [3.05, 3.63) is 0 Å². The zero-order valence-electron chi connectivity index (χ0n) is 10.9. The number of morpholine rings is 1. The van der Waals surface area contributed by atoms with Gasteiger partial charge in [-0.25, -0.2) is 0 Å². The van der Waals surface area contributed by atoms with E-state index < -0.39 is 0 Å². The minimum atomic E-state index is 0.558. The predicted molar refractivity (Wildman–Crippen MR) is 72.3 cm³/mol. The fourth-order valence-corrected chi connectivity index (χ4v) is 2.97. The number of nitrogens with zero attached hydrogens (tertiary/aromatic N) is 1. The van der Waals surface area contributed by atoms with Crippen molar-refractivity contribution in [3.8, 4) is 0 Å².